The number of nitrogens with two attached hydrogens (primary N) is 1. The Balaban J connectivity index is 1.50. The van der Waals surface area contributed by atoms with Gasteiger partial charge in [-0.1, -0.05) is 6.92 Å². The monoisotopic (exact) mass is 540 g/mol. The molecule has 12 heteroatoms. The number of ether oxygens (including phenoxy) is 2. The Morgan fingerprint density at radius 2 is 2.00 bits per heavy atom. The van der Waals surface area contributed by atoms with E-state index in [0.29, 0.717) is 34.5 Å². The van der Waals surface area contributed by atoms with Crippen molar-refractivity contribution in [2.75, 3.05) is 20.3 Å². The van der Waals surface area contributed by atoms with Crippen LogP contribution in [-0.4, -0.2) is 69.2 Å². The maximum Gasteiger partial charge on any atom is 0.255 e. The zero-order valence-corrected chi connectivity index (χ0v) is 22.0. The lowest BCUT2D eigenvalue weighted by Gasteiger charge is -2.27. The predicted octanol–water partition coefficient (Wildman–Crippen LogP) is 2.57. The molecule has 5 rings (SSSR count). The minimum atomic E-state index is -1.58. The standard InChI is InChI=1S/C27H33FN6O5/c1-3-16-21(32-26(37)23(16)28)12-39-27-18-9-22(38-2)19(24(29)36)8-17(18)20(10-30-27)25-31-13-34(33-25)15-6-4-14(11-35)5-7-15/h8-10,13-16,21,23,35H,3-7,11-12H2,1-2H3,(H2,29,36)(H,32,37)/t14?,15?,16-,21+,23-/m0/s1. The Kier molecular flexibility index (Phi) is 7.65. The summed E-state index contributed by atoms with van der Waals surface area (Å²) in [6, 6.07) is 2.91. The number of methoxy groups -OCH3 is 1. The molecule has 3 aromatic rings. The Morgan fingerprint density at radius 1 is 1.23 bits per heavy atom. The highest BCUT2D eigenvalue weighted by Gasteiger charge is 2.41. The fourth-order valence-corrected chi connectivity index (χ4v) is 5.66. The van der Waals surface area contributed by atoms with Gasteiger partial charge in [-0.3, -0.25) is 9.59 Å². The molecule has 0 spiro atoms. The summed E-state index contributed by atoms with van der Waals surface area (Å²) >= 11 is 0. The maximum absolute atomic E-state index is 14.3. The number of primary amides is 1. The van der Waals surface area contributed by atoms with E-state index >= 15 is 0 Å². The van der Waals surface area contributed by atoms with Crippen molar-refractivity contribution in [2.24, 2.45) is 17.6 Å². The number of aliphatic hydroxyl groups is 1. The van der Waals surface area contributed by atoms with E-state index in [1.54, 1.807) is 24.7 Å². The van der Waals surface area contributed by atoms with Gasteiger partial charge >= 0.3 is 0 Å². The number of hydrogen-bond donors (Lipinski definition) is 3. The van der Waals surface area contributed by atoms with E-state index in [0.717, 1.165) is 25.7 Å². The number of fused-ring (bicyclic) bond motifs is 1. The third-order valence-electron chi connectivity index (χ3n) is 7.98. The van der Waals surface area contributed by atoms with E-state index in [1.165, 1.54) is 7.11 Å². The average Bonchev–Trinajstić information content (AvgIpc) is 3.55. The molecule has 1 saturated heterocycles. The number of carbonyl (C=O) groups excluding carboxylic acids is 2. The summed E-state index contributed by atoms with van der Waals surface area (Å²) < 4.78 is 27.5. The molecule has 4 N–H and O–H groups in total. The number of rotatable bonds is 9. The number of pyridine rings is 1. The highest BCUT2D eigenvalue weighted by Crippen LogP contribution is 2.37. The fourth-order valence-electron chi connectivity index (χ4n) is 5.66. The van der Waals surface area contributed by atoms with Crippen molar-refractivity contribution in [3.8, 4) is 23.0 Å². The van der Waals surface area contributed by atoms with Crippen LogP contribution >= 0.6 is 0 Å². The number of nitrogens with one attached hydrogen (secondary N) is 1. The minimum Gasteiger partial charge on any atom is -0.496 e. The van der Waals surface area contributed by atoms with Crippen molar-refractivity contribution in [3.05, 3.63) is 30.2 Å². The second kappa shape index (κ2) is 11.1. The molecule has 11 nitrogen and oxygen atoms in total. The number of aromatic nitrogens is 4. The first-order valence-electron chi connectivity index (χ1n) is 13.2. The molecule has 2 aromatic heterocycles. The molecule has 2 fully saturated rings. The largest absolute Gasteiger partial charge is 0.496 e. The van der Waals surface area contributed by atoms with Gasteiger partial charge in [-0.25, -0.2) is 19.0 Å². The number of hydrogen-bond acceptors (Lipinski definition) is 8. The van der Waals surface area contributed by atoms with Crippen molar-refractivity contribution in [1.29, 1.82) is 0 Å². The van der Waals surface area contributed by atoms with Crippen LogP contribution in [0.2, 0.25) is 0 Å². The number of alkyl halides is 1. The van der Waals surface area contributed by atoms with Crippen LogP contribution in [0.25, 0.3) is 22.2 Å². The lowest BCUT2D eigenvalue weighted by molar-refractivity contribution is -0.123. The summed E-state index contributed by atoms with van der Waals surface area (Å²) in [6.45, 7) is 2.05. The third-order valence-corrected chi connectivity index (χ3v) is 7.98. The van der Waals surface area contributed by atoms with Gasteiger partial charge in [-0.05, 0) is 50.2 Å². The van der Waals surface area contributed by atoms with Gasteiger partial charge in [0.2, 0.25) is 5.88 Å². The van der Waals surface area contributed by atoms with Gasteiger partial charge in [0.1, 0.15) is 18.7 Å². The normalized spacial score (nSPS) is 25.0. The second-order valence-corrected chi connectivity index (χ2v) is 10.2. The lowest BCUT2D eigenvalue weighted by atomic mass is 9.87. The van der Waals surface area contributed by atoms with E-state index in [1.807, 2.05) is 11.6 Å². The molecule has 3 heterocycles. The molecule has 39 heavy (non-hydrogen) atoms. The van der Waals surface area contributed by atoms with E-state index < -0.39 is 29.9 Å². The van der Waals surface area contributed by atoms with Crippen molar-refractivity contribution in [3.63, 3.8) is 0 Å². The van der Waals surface area contributed by atoms with Crippen LogP contribution in [0.5, 0.6) is 11.6 Å². The van der Waals surface area contributed by atoms with Gasteiger partial charge in [0, 0.05) is 35.1 Å². The van der Waals surface area contributed by atoms with Crippen LogP contribution in [0.4, 0.5) is 4.39 Å². The van der Waals surface area contributed by atoms with Gasteiger partial charge < -0.3 is 25.6 Å². The van der Waals surface area contributed by atoms with Crippen molar-refractivity contribution >= 4 is 22.6 Å². The molecule has 1 aliphatic heterocycles. The van der Waals surface area contributed by atoms with Crippen LogP contribution in [0.15, 0.2) is 24.7 Å². The Labute approximate surface area is 224 Å². The molecule has 0 bridgehead atoms. The third kappa shape index (κ3) is 5.12. The number of carbonyl (C=O) groups is 2. The van der Waals surface area contributed by atoms with Crippen molar-refractivity contribution in [2.45, 2.75) is 57.3 Å². The average molecular weight is 541 g/mol. The Morgan fingerprint density at radius 3 is 2.67 bits per heavy atom. The molecule has 2 amide bonds. The first kappa shape index (κ1) is 26.8. The van der Waals surface area contributed by atoms with E-state index in [2.05, 4.69) is 15.3 Å². The molecule has 0 unspecified atom stereocenters. The van der Waals surface area contributed by atoms with E-state index in [4.69, 9.17) is 20.3 Å². The summed E-state index contributed by atoms with van der Waals surface area (Å²) in [6.07, 6.45) is 5.82. The highest BCUT2D eigenvalue weighted by molar-refractivity contribution is 6.05. The highest BCUT2D eigenvalue weighted by atomic mass is 19.1. The number of halogens is 1. The summed E-state index contributed by atoms with van der Waals surface area (Å²) in [7, 11) is 1.43. The predicted molar refractivity (Wildman–Crippen MR) is 140 cm³/mol. The van der Waals surface area contributed by atoms with Gasteiger partial charge in [-0.2, -0.15) is 5.10 Å². The summed E-state index contributed by atoms with van der Waals surface area (Å²) in [5.41, 5.74) is 6.39. The SMILES string of the molecule is CC[C@@H]1[C@H](F)C(=O)N[C@@H]1COc1ncc(-c2ncn(C3CCC(CO)CC3)n2)c2cc(C(N)=O)c(OC)cc12. The van der Waals surface area contributed by atoms with Crippen molar-refractivity contribution < 1.29 is 28.6 Å². The molecular formula is C27H33FN6O5. The molecular weight excluding hydrogens is 507 g/mol. The molecule has 1 aliphatic carbocycles. The summed E-state index contributed by atoms with van der Waals surface area (Å²) in [5.74, 6) is -0.556. The van der Waals surface area contributed by atoms with Crippen LogP contribution in [0.3, 0.4) is 0 Å². The fraction of sp³-hybridized carbons (Fsp3) is 0.519. The summed E-state index contributed by atoms with van der Waals surface area (Å²) in [4.78, 5) is 33.1. The molecule has 3 atom stereocenters. The zero-order valence-electron chi connectivity index (χ0n) is 22.0. The van der Waals surface area contributed by atoms with Gasteiger partial charge in [0.15, 0.2) is 12.0 Å². The topological polar surface area (TPSA) is 154 Å². The van der Waals surface area contributed by atoms with Crippen LogP contribution < -0.4 is 20.5 Å². The maximum atomic E-state index is 14.3. The molecule has 1 aromatic carbocycles. The molecule has 0 radical (unpaired) electrons. The number of benzene rings is 1. The second-order valence-electron chi connectivity index (χ2n) is 10.2. The zero-order chi connectivity index (χ0) is 27.7. The quantitative estimate of drug-likeness (QED) is 0.374. The number of amides is 2. The first-order valence-corrected chi connectivity index (χ1v) is 13.2. The minimum absolute atomic E-state index is 0.0232. The van der Waals surface area contributed by atoms with Crippen molar-refractivity contribution in [1.82, 2.24) is 25.1 Å². The summed E-state index contributed by atoms with van der Waals surface area (Å²) in [5, 5.41) is 17.9. The Hall–Kier alpha value is -3.80. The molecule has 1 saturated carbocycles. The van der Waals surface area contributed by atoms with E-state index in [-0.39, 0.29) is 36.4 Å². The van der Waals surface area contributed by atoms with Crippen LogP contribution in [0.1, 0.15) is 55.4 Å². The lowest BCUT2D eigenvalue weighted by Crippen LogP contribution is -2.34. The van der Waals surface area contributed by atoms with Gasteiger partial charge in [0.25, 0.3) is 11.8 Å². The number of nitrogens with zero attached hydrogens (tertiary/aromatic N) is 4. The first-order chi connectivity index (χ1) is 18.8. The smallest absolute Gasteiger partial charge is 0.255 e. The number of aliphatic hydroxyl groups excluding tert-OH is 1. The van der Waals surface area contributed by atoms with E-state index in [9.17, 15) is 19.1 Å². The molecule has 208 valence electrons. The van der Waals surface area contributed by atoms with Gasteiger partial charge in [0.05, 0.1) is 24.8 Å². The van der Waals surface area contributed by atoms with Gasteiger partial charge in [-0.15, -0.1) is 0 Å². The van der Waals surface area contributed by atoms with Crippen LogP contribution in [-0.2, 0) is 4.79 Å². The Bertz CT molecular complexity index is 1370. The van der Waals surface area contributed by atoms with Crippen LogP contribution in [0, 0.1) is 11.8 Å². The molecule has 2 aliphatic rings.